The van der Waals surface area contributed by atoms with Crippen molar-refractivity contribution in [2.75, 3.05) is 4.90 Å². The largest absolute Gasteiger partial charge is 0.310 e. The van der Waals surface area contributed by atoms with E-state index in [0.29, 0.717) is 5.56 Å². The minimum Gasteiger partial charge on any atom is -0.310 e. The highest BCUT2D eigenvalue weighted by Gasteiger charge is 2.16. The summed E-state index contributed by atoms with van der Waals surface area (Å²) in [5.41, 5.74) is 4.69. The van der Waals surface area contributed by atoms with E-state index in [1.54, 1.807) is 30.3 Å². The topological polar surface area (TPSA) is 8.17 Å². The first-order valence-corrected chi connectivity index (χ1v) is 15.5. The van der Waals surface area contributed by atoms with Crippen molar-refractivity contribution in [2.24, 2.45) is 0 Å². The normalized spacial score (nSPS) is 14.5. The van der Waals surface area contributed by atoms with Crippen LogP contribution in [0.1, 0.15) is 15.1 Å². The van der Waals surface area contributed by atoms with Crippen LogP contribution in [0.2, 0.25) is 0 Å². The highest BCUT2D eigenvalue weighted by Crippen LogP contribution is 2.40. The van der Waals surface area contributed by atoms with Gasteiger partial charge >= 0.3 is 0 Å². The van der Waals surface area contributed by atoms with E-state index in [2.05, 4.69) is 4.57 Å². The lowest BCUT2D eigenvalue weighted by Crippen LogP contribution is -2.10. The third-order valence-electron chi connectivity index (χ3n) is 8.50. The molecule has 0 saturated carbocycles. The molecule has 0 aliphatic carbocycles. The molecule has 2 heteroatoms. The van der Waals surface area contributed by atoms with Gasteiger partial charge in [0.15, 0.2) is 0 Å². The average Bonchev–Trinajstić information content (AvgIpc) is 3.59. The molecule has 0 atom stereocenters. The molecule has 0 amide bonds. The van der Waals surface area contributed by atoms with Crippen LogP contribution in [0.15, 0.2) is 194 Å². The van der Waals surface area contributed by atoms with Gasteiger partial charge in [0.1, 0.15) is 0 Å². The Bertz CT molecular complexity index is 3170. The van der Waals surface area contributed by atoms with Crippen molar-refractivity contribution in [1.29, 1.82) is 0 Å². The maximum absolute atomic E-state index is 9.81. The van der Waals surface area contributed by atoms with Crippen molar-refractivity contribution in [2.45, 2.75) is 0 Å². The summed E-state index contributed by atoms with van der Waals surface area (Å²) in [6, 6.07) is 34.1. The fourth-order valence-corrected chi connectivity index (χ4v) is 6.26. The molecule has 0 aliphatic rings. The summed E-state index contributed by atoms with van der Waals surface area (Å²) in [6.07, 6.45) is 0. The molecular weight excluding hydrogens is 581 g/mol. The fourth-order valence-electron chi connectivity index (χ4n) is 6.26. The molecule has 48 heavy (non-hydrogen) atoms. The third-order valence-corrected chi connectivity index (χ3v) is 8.50. The number of para-hydroxylation sites is 2. The van der Waals surface area contributed by atoms with Crippen molar-refractivity contribution >= 4 is 49.6 Å². The van der Waals surface area contributed by atoms with Crippen molar-refractivity contribution in [3.8, 4) is 27.9 Å². The Labute approximate surface area is 295 Å². The van der Waals surface area contributed by atoms with Crippen LogP contribution in [0.3, 0.4) is 0 Å². The Morgan fingerprint density at radius 1 is 0.417 bits per heavy atom. The molecule has 0 radical (unpaired) electrons. The van der Waals surface area contributed by atoms with E-state index in [9.17, 15) is 6.85 Å². The second-order valence-electron chi connectivity index (χ2n) is 11.4. The summed E-state index contributed by atoms with van der Waals surface area (Å²) in [5.74, 6) is 0. The van der Waals surface area contributed by atoms with Gasteiger partial charge in [0.25, 0.3) is 0 Å². The van der Waals surface area contributed by atoms with Crippen LogP contribution < -0.4 is 4.90 Å². The van der Waals surface area contributed by atoms with E-state index in [-0.39, 0.29) is 45.5 Å². The van der Waals surface area contributed by atoms with Crippen LogP contribution in [0.5, 0.6) is 0 Å². The van der Waals surface area contributed by atoms with Gasteiger partial charge in [-0.15, -0.1) is 0 Å². The Balaban J connectivity index is 1.34. The van der Waals surface area contributed by atoms with E-state index in [4.69, 9.17) is 8.22 Å². The van der Waals surface area contributed by atoms with Crippen molar-refractivity contribution in [1.82, 2.24) is 4.57 Å². The first-order chi connectivity index (χ1) is 28.4. The zero-order valence-electron chi connectivity index (χ0n) is 36.5. The maximum Gasteiger partial charge on any atom is 0.0651 e. The van der Waals surface area contributed by atoms with Crippen molar-refractivity contribution in [3.63, 3.8) is 0 Å². The summed E-state index contributed by atoms with van der Waals surface area (Å²) >= 11 is 0. The van der Waals surface area contributed by atoms with Crippen LogP contribution in [0, 0.1) is 0 Å². The minimum absolute atomic E-state index is 0.0391. The van der Waals surface area contributed by atoms with Crippen LogP contribution >= 0.6 is 0 Å². The van der Waals surface area contributed by atoms with Gasteiger partial charge in [-0.05, 0) is 99.7 Å². The van der Waals surface area contributed by atoms with Gasteiger partial charge in [-0.2, -0.15) is 0 Å². The standard InChI is InChI=1S/C46H32N2/c1-3-12-33(13-4-1)35-22-26-40(27-23-35)47(42-28-24-34-14-7-8-15-36(34)30-42)41-19-11-16-37(31-41)38-25-29-46-44(32-38)43-20-9-10-21-45(43)48(46)39-17-5-2-6-18-39/h1-32H/i7D,8D,11D,14D,15D,16D,19D,24D,28D,30D,31D. The molecular formula is C46H32N2. The second-order valence-corrected chi connectivity index (χ2v) is 11.4. The number of fused-ring (bicyclic) bond motifs is 4. The van der Waals surface area contributed by atoms with Crippen LogP contribution in [-0.4, -0.2) is 4.57 Å². The van der Waals surface area contributed by atoms with Gasteiger partial charge in [-0.25, -0.2) is 0 Å². The van der Waals surface area contributed by atoms with Crippen LogP contribution in [0.4, 0.5) is 17.1 Å². The van der Waals surface area contributed by atoms with Gasteiger partial charge in [0, 0.05) is 33.5 Å². The monoisotopic (exact) mass is 623 g/mol. The number of aromatic nitrogens is 1. The lowest BCUT2D eigenvalue weighted by atomic mass is 10.0. The van der Waals surface area contributed by atoms with Gasteiger partial charge < -0.3 is 9.47 Å². The fraction of sp³-hybridized carbons (Fsp3) is 0. The third kappa shape index (κ3) is 4.92. The van der Waals surface area contributed by atoms with Crippen LogP contribution in [0.25, 0.3) is 60.5 Å². The molecule has 226 valence electrons. The lowest BCUT2D eigenvalue weighted by Gasteiger charge is -2.26. The van der Waals surface area contributed by atoms with Gasteiger partial charge in [-0.1, -0.05) is 127 Å². The molecule has 1 aromatic heterocycles. The summed E-state index contributed by atoms with van der Waals surface area (Å²) in [6.45, 7) is 0. The highest BCUT2D eigenvalue weighted by molar-refractivity contribution is 6.10. The number of benzene rings is 8. The van der Waals surface area contributed by atoms with E-state index in [0.717, 1.165) is 38.6 Å². The SMILES string of the molecule is [2H]c1c([2H])c(-c2ccc3c(c2)c2ccccc2n3-c2ccccc2)c([2H])c(N(c2ccc(-c3ccccc3)cc2)c2c([2H])c([2H])c3c([2H])c([2H])c([2H])c([2H])c3c2[2H])c1[2H]. The van der Waals surface area contributed by atoms with Gasteiger partial charge in [0.2, 0.25) is 0 Å². The number of anilines is 3. The Morgan fingerprint density at radius 3 is 1.92 bits per heavy atom. The van der Waals surface area contributed by atoms with Crippen molar-refractivity contribution in [3.05, 3.63) is 194 Å². The van der Waals surface area contributed by atoms with Crippen LogP contribution in [-0.2, 0) is 0 Å². The molecule has 0 fully saturated rings. The summed E-state index contributed by atoms with van der Waals surface area (Å²) < 4.78 is 101. The van der Waals surface area contributed by atoms with E-state index in [1.165, 1.54) is 4.90 Å². The molecule has 8 aromatic carbocycles. The molecule has 0 spiro atoms. The average molecular weight is 624 g/mol. The number of hydrogen-bond donors (Lipinski definition) is 0. The number of nitrogens with zero attached hydrogens (tertiary/aromatic N) is 2. The van der Waals surface area contributed by atoms with E-state index in [1.807, 2.05) is 97.1 Å². The Hall–Kier alpha value is -6.38. The van der Waals surface area contributed by atoms with E-state index < -0.39 is 54.4 Å². The van der Waals surface area contributed by atoms with E-state index >= 15 is 0 Å². The molecule has 0 N–H and O–H groups in total. The second kappa shape index (κ2) is 11.8. The lowest BCUT2D eigenvalue weighted by molar-refractivity contribution is 1.18. The quantitative estimate of drug-likeness (QED) is 0.179. The number of hydrogen-bond acceptors (Lipinski definition) is 1. The van der Waals surface area contributed by atoms with Gasteiger partial charge in [0.05, 0.1) is 26.1 Å². The zero-order chi connectivity index (χ0) is 41.4. The first kappa shape index (κ1) is 18.7. The smallest absolute Gasteiger partial charge is 0.0651 e. The summed E-state index contributed by atoms with van der Waals surface area (Å²) in [4.78, 5) is 1.28. The molecule has 0 saturated heterocycles. The Kier molecular flexibility index (Phi) is 4.58. The molecule has 0 aliphatic heterocycles. The zero-order valence-corrected chi connectivity index (χ0v) is 25.5. The summed E-state index contributed by atoms with van der Waals surface area (Å²) in [5, 5.41) is 1.18. The first-order valence-electron chi connectivity index (χ1n) is 21.0. The predicted octanol–water partition coefficient (Wildman–Crippen LogP) is 12.7. The maximum atomic E-state index is 9.81. The minimum atomic E-state index is -0.612. The molecule has 9 rings (SSSR count). The Morgan fingerprint density at radius 2 is 1.08 bits per heavy atom. The molecule has 1 heterocycles. The van der Waals surface area contributed by atoms with Crippen molar-refractivity contribution < 1.29 is 15.1 Å². The predicted molar refractivity (Wildman–Crippen MR) is 204 cm³/mol. The molecule has 0 bridgehead atoms. The number of rotatable bonds is 6. The molecule has 2 nitrogen and oxygen atoms in total. The molecule has 0 unspecified atom stereocenters. The van der Waals surface area contributed by atoms with Gasteiger partial charge in [-0.3, -0.25) is 0 Å². The highest BCUT2D eigenvalue weighted by atomic mass is 15.1. The summed E-state index contributed by atoms with van der Waals surface area (Å²) in [7, 11) is 0. The molecule has 9 aromatic rings.